The molecule has 1 aliphatic heterocycles. The number of rotatable bonds is 2. The van der Waals surface area contributed by atoms with Crippen LogP contribution in [0.5, 0.6) is 0 Å². The Hall–Kier alpha value is -1.39. The first kappa shape index (κ1) is 11.1. The van der Waals surface area contributed by atoms with Crippen LogP contribution in [-0.2, 0) is 4.74 Å². The van der Waals surface area contributed by atoms with Crippen LogP contribution in [0.15, 0.2) is 24.3 Å². The Kier molecular flexibility index (Phi) is 3.22. The highest BCUT2D eigenvalue weighted by molar-refractivity contribution is 5.94. The summed E-state index contributed by atoms with van der Waals surface area (Å²) in [6, 6.07) is 7.41. The monoisotopic (exact) mass is 221 g/mol. The standard InChI is InChI=1S/C12H15NO3/c1-9(14)10-2-4-11(5-3-10)13-6-7-16-12(15)8-13/h2-5,12,15H,6-8H2,1H3. The summed E-state index contributed by atoms with van der Waals surface area (Å²) in [5.74, 6) is 0.0635. The van der Waals surface area contributed by atoms with Crippen molar-refractivity contribution in [2.75, 3.05) is 24.6 Å². The molecule has 16 heavy (non-hydrogen) atoms. The van der Waals surface area contributed by atoms with Gasteiger partial charge in [-0.05, 0) is 31.2 Å². The number of aliphatic hydroxyl groups is 1. The Morgan fingerprint density at radius 2 is 2.12 bits per heavy atom. The summed E-state index contributed by atoms with van der Waals surface area (Å²) in [5.41, 5.74) is 1.71. The van der Waals surface area contributed by atoms with Crippen molar-refractivity contribution < 1.29 is 14.6 Å². The summed E-state index contributed by atoms with van der Waals surface area (Å²) in [5, 5.41) is 9.37. The van der Waals surface area contributed by atoms with Gasteiger partial charge in [0.05, 0.1) is 13.2 Å². The number of carbonyl (C=O) groups is 1. The predicted octanol–water partition coefficient (Wildman–Crippen LogP) is 1.04. The lowest BCUT2D eigenvalue weighted by molar-refractivity contribution is -0.104. The van der Waals surface area contributed by atoms with E-state index < -0.39 is 6.29 Å². The number of nitrogens with zero attached hydrogens (tertiary/aromatic N) is 1. The van der Waals surface area contributed by atoms with E-state index in [-0.39, 0.29) is 5.78 Å². The maximum absolute atomic E-state index is 11.1. The van der Waals surface area contributed by atoms with Gasteiger partial charge in [-0.2, -0.15) is 0 Å². The summed E-state index contributed by atoms with van der Waals surface area (Å²) in [7, 11) is 0. The summed E-state index contributed by atoms with van der Waals surface area (Å²) < 4.78 is 5.05. The highest BCUT2D eigenvalue weighted by atomic mass is 16.6. The molecule has 0 aromatic heterocycles. The molecule has 1 aromatic carbocycles. The fourth-order valence-electron chi connectivity index (χ4n) is 1.77. The third-order valence-electron chi connectivity index (χ3n) is 2.69. The fraction of sp³-hybridized carbons (Fsp3) is 0.417. The third-order valence-corrected chi connectivity index (χ3v) is 2.69. The number of hydrogen-bond donors (Lipinski definition) is 1. The van der Waals surface area contributed by atoms with Gasteiger partial charge in [-0.1, -0.05) is 0 Å². The van der Waals surface area contributed by atoms with Crippen molar-refractivity contribution >= 4 is 11.5 Å². The summed E-state index contributed by atoms with van der Waals surface area (Å²) in [6.07, 6.45) is -0.721. The number of hydrogen-bond acceptors (Lipinski definition) is 4. The number of Topliss-reactive ketones (excluding diaryl/α,β-unsaturated/α-hetero) is 1. The van der Waals surface area contributed by atoms with Gasteiger partial charge in [-0.25, -0.2) is 0 Å². The molecule has 2 rings (SSSR count). The summed E-state index contributed by atoms with van der Waals surface area (Å²) >= 11 is 0. The van der Waals surface area contributed by atoms with Crippen molar-refractivity contribution in [2.24, 2.45) is 0 Å². The SMILES string of the molecule is CC(=O)c1ccc(N2CCOC(O)C2)cc1. The van der Waals surface area contributed by atoms with Crippen molar-refractivity contribution in [1.82, 2.24) is 0 Å². The molecule has 1 saturated heterocycles. The van der Waals surface area contributed by atoms with Gasteiger partial charge in [0.15, 0.2) is 12.1 Å². The Morgan fingerprint density at radius 1 is 1.44 bits per heavy atom. The van der Waals surface area contributed by atoms with Gasteiger partial charge in [-0.3, -0.25) is 4.79 Å². The molecule has 0 radical (unpaired) electrons. The quantitative estimate of drug-likeness (QED) is 0.758. The lowest BCUT2D eigenvalue weighted by atomic mass is 10.1. The van der Waals surface area contributed by atoms with Crippen molar-refractivity contribution in [3.63, 3.8) is 0 Å². The summed E-state index contributed by atoms with van der Waals surface area (Å²) in [6.45, 7) is 3.30. The molecule has 0 saturated carbocycles. The molecular formula is C12H15NO3. The number of benzene rings is 1. The Labute approximate surface area is 94.4 Å². The van der Waals surface area contributed by atoms with E-state index in [9.17, 15) is 9.90 Å². The molecule has 4 nitrogen and oxygen atoms in total. The molecule has 0 aliphatic carbocycles. The van der Waals surface area contributed by atoms with Gasteiger partial charge >= 0.3 is 0 Å². The Bertz CT molecular complexity index is 374. The zero-order valence-electron chi connectivity index (χ0n) is 9.22. The molecule has 86 valence electrons. The van der Waals surface area contributed by atoms with E-state index in [1.807, 2.05) is 17.0 Å². The Balaban J connectivity index is 2.11. The van der Waals surface area contributed by atoms with Crippen LogP contribution in [0.25, 0.3) is 0 Å². The number of anilines is 1. The lowest BCUT2D eigenvalue weighted by Gasteiger charge is -2.32. The van der Waals surface area contributed by atoms with E-state index in [1.165, 1.54) is 0 Å². The van der Waals surface area contributed by atoms with E-state index in [0.717, 1.165) is 12.2 Å². The number of carbonyl (C=O) groups excluding carboxylic acids is 1. The largest absolute Gasteiger partial charge is 0.366 e. The lowest BCUT2D eigenvalue weighted by Crippen LogP contribution is -2.42. The average molecular weight is 221 g/mol. The topological polar surface area (TPSA) is 49.8 Å². The third kappa shape index (κ3) is 2.40. The van der Waals surface area contributed by atoms with Crippen molar-refractivity contribution in [3.8, 4) is 0 Å². The van der Waals surface area contributed by atoms with Gasteiger partial charge in [0, 0.05) is 17.8 Å². The molecule has 0 bridgehead atoms. The van der Waals surface area contributed by atoms with Gasteiger partial charge < -0.3 is 14.7 Å². The van der Waals surface area contributed by atoms with Crippen molar-refractivity contribution in [1.29, 1.82) is 0 Å². The number of morpholine rings is 1. The van der Waals surface area contributed by atoms with Crippen LogP contribution >= 0.6 is 0 Å². The van der Waals surface area contributed by atoms with Gasteiger partial charge in [-0.15, -0.1) is 0 Å². The second-order valence-electron chi connectivity index (χ2n) is 3.87. The van der Waals surface area contributed by atoms with E-state index in [4.69, 9.17) is 4.74 Å². The first-order chi connectivity index (χ1) is 7.66. The molecule has 1 heterocycles. The van der Waals surface area contributed by atoms with Gasteiger partial charge in [0.1, 0.15) is 0 Å². The normalized spacial score (nSPS) is 20.9. The van der Waals surface area contributed by atoms with E-state index in [2.05, 4.69) is 0 Å². The number of ketones is 1. The molecule has 1 unspecified atom stereocenters. The van der Waals surface area contributed by atoms with Crippen LogP contribution < -0.4 is 4.90 Å². The minimum Gasteiger partial charge on any atom is -0.366 e. The van der Waals surface area contributed by atoms with E-state index in [0.29, 0.717) is 18.7 Å². The smallest absolute Gasteiger partial charge is 0.172 e. The zero-order valence-corrected chi connectivity index (χ0v) is 9.22. The maximum atomic E-state index is 11.1. The van der Waals surface area contributed by atoms with Crippen LogP contribution in [0.2, 0.25) is 0 Å². The molecule has 1 aromatic rings. The Morgan fingerprint density at radius 3 is 2.69 bits per heavy atom. The molecule has 1 aliphatic rings. The fourth-order valence-corrected chi connectivity index (χ4v) is 1.77. The van der Waals surface area contributed by atoms with Crippen LogP contribution in [0.3, 0.4) is 0 Å². The molecule has 0 amide bonds. The number of aliphatic hydroxyl groups excluding tert-OH is 1. The first-order valence-corrected chi connectivity index (χ1v) is 5.32. The van der Waals surface area contributed by atoms with Crippen LogP contribution in [0, 0.1) is 0 Å². The zero-order chi connectivity index (χ0) is 11.5. The van der Waals surface area contributed by atoms with E-state index in [1.54, 1.807) is 19.1 Å². The highest BCUT2D eigenvalue weighted by Crippen LogP contribution is 2.18. The number of ether oxygens (including phenoxy) is 1. The van der Waals surface area contributed by atoms with Crippen molar-refractivity contribution in [3.05, 3.63) is 29.8 Å². The molecule has 1 atom stereocenters. The van der Waals surface area contributed by atoms with E-state index >= 15 is 0 Å². The predicted molar refractivity (Wildman–Crippen MR) is 60.6 cm³/mol. The molecule has 4 heteroatoms. The first-order valence-electron chi connectivity index (χ1n) is 5.32. The minimum absolute atomic E-state index is 0.0635. The molecule has 1 N–H and O–H groups in total. The minimum atomic E-state index is -0.721. The van der Waals surface area contributed by atoms with Gasteiger partial charge in [0.25, 0.3) is 0 Å². The maximum Gasteiger partial charge on any atom is 0.172 e. The van der Waals surface area contributed by atoms with Crippen LogP contribution in [-0.4, -0.2) is 36.9 Å². The summed E-state index contributed by atoms with van der Waals surface area (Å²) in [4.78, 5) is 13.2. The van der Waals surface area contributed by atoms with Crippen LogP contribution in [0.4, 0.5) is 5.69 Å². The molecule has 0 spiro atoms. The molecule has 1 fully saturated rings. The number of β-amino-alcohol motifs (C(OH)–C–C–N with tert-alkyl or cyclic N) is 1. The highest BCUT2D eigenvalue weighted by Gasteiger charge is 2.18. The van der Waals surface area contributed by atoms with Gasteiger partial charge in [0.2, 0.25) is 0 Å². The second-order valence-corrected chi connectivity index (χ2v) is 3.87. The average Bonchev–Trinajstić information content (AvgIpc) is 2.29. The second kappa shape index (κ2) is 4.63. The van der Waals surface area contributed by atoms with Crippen LogP contribution in [0.1, 0.15) is 17.3 Å². The molecular weight excluding hydrogens is 206 g/mol. The van der Waals surface area contributed by atoms with Crippen molar-refractivity contribution in [2.45, 2.75) is 13.2 Å².